The number of amides is 2. The standard InChI is InChI=1S/C29H31FN2O4S/c1-20-8-10-21(11-9-20)36-19-26-24-13-16-37-27(24)12-14-32(26)28(33)18-31(17-22-5-4-15-35-22)29(34)23-6-2-3-7-25(23)30/h2-3,6-11,13,16,22,26H,4-5,12,14-15,17-19H2,1H3/t22-,26-/m1/s1. The molecule has 0 unspecified atom stereocenters. The van der Waals surface area contributed by atoms with Gasteiger partial charge in [-0.2, -0.15) is 0 Å². The van der Waals surface area contributed by atoms with Gasteiger partial charge in [0.2, 0.25) is 5.91 Å². The fraction of sp³-hybridized carbons (Fsp3) is 0.379. The van der Waals surface area contributed by atoms with E-state index in [0.29, 0.717) is 19.8 Å². The summed E-state index contributed by atoms with van der Waals surface area (Å²) >= 11 is 1.69. The molecule has 0 saturated carbocycles. The van der Waals surface area contributed by atoms with Crippen molar-refractivity contribution in [2.45, 2.75) is 38.3 Å². The number of halogens is 1. The Kier molecular flexibility index (Phi) is 7.86. The maximum atomic E-state index is 14.5. The molecule has 1 saturated heterocycles. The average Bonchev–Trinajstić information content (AvgIpc) is 3.60. The van der Waals surface area contributed by atoms with Crippen LogP contribution in [0.4, 0.5) is 4.39 Å². The van der Waals surface area contributed by atoms with E-state index >= 15 is 0 Å². The summed E-state index contributed by atoms with van der Waals surface area (Å²) in [5.41, 5.74) is 2.20. The van der Waals surface area contributed by atoms with E-state index in [2.05, 4.69) is 6.07 Å². The van der Waals surface area contributed by atoms with Gasteiger partial charge in [-0.15, -0.1) is 11.3 Å². The minimum Gasteiger partial charge on any atom is -0.491 e. The SMILES string of the molecule is Cc1ccc(OC[C@@H]2c3ccsc3CCN2C(=O)CN(C[C@H]2CCCO2)C(=O)c2ccccc2F)cc1. The lowest BCUT2D eigenvalue weighted by atomic mass is 10.00. The molecule has 0 bridgehead atoms. The molecule has 2 atom stereocenters. The van der Waals surface area contributed by atoms with Gasteiger partial charge in [-0.3, -0.25) is 9.59 Å². The number of benzene rings is 2. The number of carbonyl (C=O) groups is 2. The Morgan fingerprint density at radius 2 is 1.97 bits per heavy atom. The lowest BCUT2D eigenvalue weighted by molar-refractivity contribution is -0.135. The van der Waals surface area contributed by atoms with E-state index in [1.54, 1.807) is 28.4 Å². The summed E-state index contributed by atoms with van der Waals surface area (Å²) in [5.74, 6) is -0.530. The van der Waals surface area contributed by atoms with Crippen LogP contribution in [0.5, 0.6) is 5.75 Å². The zero-order valence-corrected chi connectivity index (χ0v) is 21.7. The number of fused-ring (bicyclic) bond motifs is 1. The predicted octanol–water partition coefficient (Wildman–Crippen LogP) is 5.02. The van der Waals surface area contributed by atoms with Crippen LogP contribution in [0.15, 0.2) is 60.0 Å². The largest absolute Gasteiger partial charge is 0.491 e. The molecule has 0 N–H and O–H groups in total. The summed E-state index contributed by atoms with van der Waals surface area (Å²) in [4.78, 5) is 31.6. The molecule has 3 heterocycles. The van der Waals surface area contributed by atoms with Gasteiger partial charge < -0.3 is 19.3 Å². The zero-order valence-electron chi connectivity index (χ0n) is 20.9. The van der Waals surface area contributed by atoms with Crippen LogP contribution >= 0.6 is 11.3 Å². The summed E-state index contributed by atoms with van der Waals surface area (Å²) in [5, 5.41) is 2.04. The van der Waals surface area contributed by atoms with Gasteiger partial charge in [0.05, 0.1) is 17.7 Å². The first-order valence-corrected chi connectivity index (χ1v) is 13.6. The Bertz CT molecular complexity index is 1240. The first-order valence-electron chi connectivity index (χ1n) is 12.7. The smallest absolute Gasteiger partial charge is 0.257 e. The number of hydrogen-bond donors (Lipinski definition) is 0. The Balaban J connectivity index is 1.36. The molecule has 0 spiro atoms. The van der Waals surface area contributed by atoms with Crippen molar-refractivity contribution in [2.24, 2.45) is 0 Å². The Hall–Kier alpha value is -3.23. The number of aryl methyl sites for hydroxylation is 1. The molecular formula is C29H31FN2O4S. The van der Waals surface area contributed by atoms with Crippen LogP contribution in [0.3, 0.4) is 0 Å². The lowest BCUT2D eigenvalue weighted by Gasteiger charge is -2.37. The van der Waals surface area contributed by atoms with Gasteiger partial charge >= 0.3 is 0 Å². The third-order valence-electron chi connectivity index (χ3n) is 7.01. The molecule has 1 fully saturated rings. The second kappa shape index (κ2) is 11.4. The average molecular weight is 523 g/mol. The Morgan fingerprint density at radius 1 is 1.16 bits per heavy atom. The molecule has 1 aromatic heterocycles. The van der Waals surface area contributed by atoms with Gasteiger partial charge in [-0.1, -0.05) is 29.8 Å². The maximum Gasteiger partial charge on any atom is 0.257 e. The summed E-state index contributed by atoms with van der Waals surface area (Å²) in [6.07, 6.45) is 2.32. The third-order valence-corrected chi connectivity index (χ3v) is 8.01. The van der Waals surface area contributed by atoms with Gasteiger partial charge in [-0.25, -0.2) is 4.39 Å². The van der Waals surface area contributed by atoms with Crippen molar-refractivity contribution in [3.63, 3.8) is 0 Å². The quantitative estimate of drug-likeness (QED) is 0.417. The maximum absolute atomic E-state index is 14.5. The molecule has 8 heteroatoms. The van der Waals surface area contributed by atoms with Crippen LogP contribution in [0.2, 0.25) is 0 Å². The van der Waals surface area contributed by atoms with Crippen molar-refractivity contribution in [1.29, 1.82) is 0 Å². The molecule has 194 valence electrons. The molecule has 0 aliphatic carbocycles. The fourth-order valence-electron chi connectivity index (χ4n) is 5.00. The molecule has 5 rings (SSSR count). The van der Waals surface area contributed by atoms with Crippen LogP contribution in [0.1, 0.15) is 45.2 Å². The highest BCUT2D eigenvalue weighted by molar-refractivity contribution is 7.10. The fourth-order valence-corrected chi connectivity index (χ4v) is 5.92. The van der Waals surface area contributed by atoms with Crippen molar-refractivity contribution < 1.29 is 23.5 Å². The molecule has 2 amide bonds. The van der Waals surface area contributed by atoms with Gasteiger partial charge in [0.15, 0.2) is 0 Å². The van der Waals surface area contributed by atoms with Crippen molar-refractivity contribution in [2.75, 3.05) is 32.8 Å². The first kappa shape index (κ1) is 25.4. The van der Waals surface area contributed by atoms with Crippen molar-refractivity contribution in [3.8, 4) is 5.75 Å². The molecule has 2 aliphatic rings. The number of hydrogen-bond acceptors (Lipinski definition) is 5. The minimum absolute atomic E-state index is 0.0358. The van der Waals surface area contributed by atoms with Crippen molar-refractivity contribution >= 4 is 23.2 Å². The topological polar surface area (TPSA) is 59.1 Å². The second-order valence-corrected chi connectivity index (χ2v) is 10.6. The summed E-state index contributed by atoms with van der Waals surface area (Å²) < 4.78 is 26.4. The number of rotatable bonds is 8. The Labute approximate surface area is 220 Å². The van der Waals surface area contributed by atoms with Gasteiger partial charge in [0, 0.05) is 24.6 Å². The Morgan fingerprint density at radius 3 is 2.73 bits per heavy atom. The molecule has 2 aliphatic heterocycles. The molecule has 2 aromatic carbocycles. The number of carbonyl (C=O) groups excluding carboxylic acids is 2. The molecule has 6 nitrogen and oxygen atoms in total. The lowest BCUT2D eigenvalue weighted by Crippen LogP contribution is -2.49. The van der Waals surface area contributed by atoms with E-state index in [1.165, 1.54) is 21.9 Å². The van der Waals surface area contributed by atoms with Crippen LogP contribution in [-0.2, 0) is 16.0 Å². The van der Waals surface area contributed by atoms with E-state index in [0.717, 1.165) is 36.1 Å². The zero-order chi connectivity index (χ0) is 25.8. The third kappa shape index (κ3) is 5.86. The number of thiophene rings is 1. The normalized spacial score (nSPS) is 18.9. The monoisotopic (exact) mass is 522 g/mol. The van der Waals surface area contributed by atoms with Gasteiger partial charge in [0.1, 0.15) is 24.7 Å². The van der Waals surface area contributed by atoms with Crippen LogP contribution in [-0.4, -0.2) is 60.6 Å². The van der Waals surface area contributed by atoms with Crippen molar-refractivity contribution in [1.82, 2.24) is 9.80 Å². The van der Waals surface area contributed by atoms with E-state index in [-0.39, 0.29) is 36.7 Å². The molecule has 37 heavy (non-hydrogen) atoms. The van der Waals surface area contributed by atoms with Crippen molar-refractivity contribution in [3.05, 3.63) is 87.4 Å². The summed E-state index contributed by atoms with van der Waals surface area (Å²) in [7, 11) is 0. The summed E-state index contributed by atoms with van der Waals surface area (Å²) in [6.45, 7) is 3.61. The van der Waals surface area contributed by atoms with E-state index in [1.807, 2.05) is 36.6 Å². The molecular weight excluding hydrogens is 491 g/mol. The number of nitrogens with zero attached hydrogens (tertiary/aromatic N) is 2. The summed E-state index contributed by atoms with van der Waals surface area (Å²) in [6, 6.07) is 15.5. The highest BCUT2D eigenvalue weighted by Crippen LogP contribution is 2.34. The highest BCUT2D eigenvalue weighted by atomic mass is 32.1. The van der Waals surface area contributed by atoms with Gasteiger partial charge in [0.25, 0.3) is 5.91 Å². The van der Waals surface area contributed by atoms with E-state index in [9.17, 15) is 14.0 Å². The number of ether oxygens (including phenoxy) is 2. The van der Waals surface area contributed by atoms with Crippen LogP contribution < -0.4 is 4.74 Å². The predicted molar refractivity (Wildman–Crippen MR) is 140 cm³/mol. The molecule has 3 aromatic rings. The van der Waals surface area contributed by atoms with Gasteiger partial charge in [-0.05, 0) is 67.5 Å². The van der Waals surface area contributed by atoms with Crippen LogP contribution in [0, 0.1) is 12.7 Å². The second-order valence-electron chi connectivity index (χ2n) is 9.58. The van der Waals surface area contributed by atoms with E-state index < -0.39 is 11.7 Å². The first-order chi connectivity index (χ1) is 18.0. The van der Waals surface area contributed by atoms with E-state index in [4.69, 9.17) is 9.47 Å². The van der Waals surface area contributed by atoms with Crippen LogP contribution in [0.25, 0.3) is 0 Å². The molecule has 0 radical (unpaired) electrons. The highest BCUT2D eigenvalue weighted by Gasteiger charge is 2.35. The minimum atomic E-state index is -0.595.